The van der Waals surface area contributed by atoms with Gasteiger partial charge < -0.3 is 5.11 Å². The van der Waals surface area contributed by atoms with E-state index in [0.717, 1.165) is 5.69 Å². The second kappa shape index (κ2) is 5.85. The van der Waals surface area contributed by atoms with E-state index in [1.165, 1.54) is 18.7 Å². The number of Topliss-reactive ketones (excluding diaryl/α,β-unsaturated/α-hetero) is 1. The van der Waals surface area contributed by atoms with Crippen molar-refractivity contribution >= 4 is 29.1 Å². The molecule has 0 saturated carbocycles. The molecule has 1 unspecified atom stereocenters. The van der Waals surface area contributed by atoms with Gasteiger partial charge in [0, 0.05) is 16.8 Å². The van der Waals surface area contributed by atoms with Gasteiger partial charge in [0.05, 0.1) is 5.75 Å². The van der Waals surface area contributed by atoms with E-state index in [1.54, 1.807) is 41.3 Å². The van der Waals surface area contributed by atoms with Crippen LogP contribution in [-0.2, 0) is 4.79 Å². The molecule has 0 aromatic heterocycles. The second-order valence-corrected chi connectivity index (χ2v) is 6.16. The van der Waals surface area contributed by atoms with Gasteiger partial charge in [-0.2, -0.15) is 0 Å². The highest BCUT2D eigenvalue weighted by molar-refractivity contribution is 8.00. The van der Waals surface area contributed by atoms with Gasteiger partial charge in [0.25, 0.3) is 0 Å². The van der Waals surface area contributed by atoms with Crippen LogP contribution in [0.3, 0.4) is 0 Å². The Morgan fingerprint density at radius 2 is 1.86 bits per heavy atom. The zero-order valence-corrected chi connectivity index (χ0v) is 12.8. The molecule has 0 aliphatic carbocycles. The Morgan fingerprint density at radius 1 is 1.18 bits per heavy atom. The monoisotopic (exact) mass is 313 g/mol. The first kappa shape index (κ1) is 14.7. The van der Waals surface area contributed by atoms with E-state index in [9.17, 15) is 14.7 Å². The van der Waals surface area contributed by atoms with Crippen LogP contribution in [0.15, 0.2) is 48.5 Å². The summed E-state index contributed by atoms with van der Waals surface area (Å²) in [5.74, 6) is 0.535. The number of rotatable bonds is 3. The van der Waals surface area contributed by atoms with Crippen molar-refractivity contribution in [2.24, 2.45) is 0 Å². The molecular weight excluding hydrogens is 298 g/mol. The minimum absolute atomic E-state index is 0.00571. The number of ketones is 1. The second-order valence-electron chi connectivity index (χ2n) is 5.09. The third kappa shape index (κ3) is 2.60. The minimum Gasteiger partial charge on any atom is -0.508 e. The number of anilines is 1. The maximum atomic E-state index is 12.2. The Balaban J connectivity index is 1.98. The number of nitrogens with zero attached hydrogens (tertiary/aromatic N) is 1. The smallest absolute Gasteiger partial charge is 0.238 e. The van der Waals surface area contributed by atoms with Crippen molar-refractivity contribution < 1.29 is 14.7 Å². The van der Waals surface area contributed by atoms with Crippen molar-refractivity contribution in [3.8, 4) is 5.75 Å². The summed E-state index contributed by atoms with van der Waals surface area (Å²) in [6.07, 6.45) is 0. The molecule has 1 heterocycles. The highest BCUT2D eigenvalue weighted by Crippen LogP contribution is 2.44. The summed E-state index contributed by atoms with van der Waals surface area (Å²) in [5.41, 5.74) is 2.06. The van der Waals surface area contributed by atoms with Crippen LogP contribution in [0.1, 0.15) is 28.2 Å². The molecule has 1 aliphatic rings. The molecule has 0 spiro atoms. The lowest BCUT2D eigenvalue weighted by atomic mass is 10.1. The van der Waals surface area contributed by atoms with Crippen molar-refractivity contribution in [1.29, 1.82) is 0 Å². The largest absolute Gasteiger partial charge is 0.508 e. The Hall–Kier alpha value is -2.27. The van der Waals surface area contributed by atoms with Gasteiger partial charge in [0.2, 0.25) is 5.91 Å². The Labute approximate surface area is 132 Å². The predicted molar refractivity (Wildman–Crippen MR) is 87.2 cm³/mol. The number of thioether (sulfide) groups is 1. The average Bonchev–Trinajstić information content (AvgIpc) is 2.89. The van der Waals surface area contributed by atoms with Gasteiger partial charge in [-0.1, -0.05) is 18.2 Å². The Morgan fingerprint density at radius 3 is 2.50 bits per heavy atom. The van der Waals surface area contributed by atoms with Crippen LogP contribution >= 0.6 is 11.8 Å². The van der Waals surface area contributed by atoms with Crippen LogP contribution in [0.4, 0.5) is 5.69 Å². The van der Waals surface area contributed by atoms with Crippen LogP contribution < -0.4 is 4.90 Å². The normalized spacial score (nSPS) is 17.8. The van der Waals surface area contributed by atoms with Crippen molar-refractivity contribution in [2.75, 3.05) is 10.7 Å². The molecule has 1 fully saturated rings. The highest BCUT2D eigenvalue weighted by Gasteiger charge is 2.35. The van der Waals surface area contributed by atoms with Crippen molar-refractivity contribution in [1.82, 2.24) is 0 Å². The van der Waals surface area contributed by atoms with E-state index in [1.807, 2.05) is 12.1 Å². The van der Waals surface area contributed by atoms with E-state index in [4.69, 9.17) is 0 Å². The lowest BCUT2D eigenvalue weighted by Crippen LogP contribution is -2.27. The summed E-state index contributed by atoms with van der Waals surface area (Å²) >= 11 is 1.48. The first-order valence-electron chi connectivity index (χ1n) is 6.90. The van der Waals surface area contributed by atoms with Gasteiger partial charge in [-0.3, -0.25) is 14.5 Å². The third-order valence-corrected chi connectivity index (χ3v) is 4.82. The fourth-order valence-electron chi connectivity index (χ4n) is 2.49. The fraction of sp³-hybridized carbons (Fsp3) is 0.176. The topological polar surface area (TPSA) is 57.6 Å². The van der Waals surface area contributed by atoms with Crippen molar-refractivity contribution in [3.05, 3.63) is 59.7 Å². The molecule has 1 saturated heterocycles. The molecule has 2 aromatic carbocycles. The zero-order chi connectivity index (χ0) is 15.7. The Bertz CT molecular complexity index is 727. The Kier molecular flexibility index (Phi) is 3.90. The molecule has 5 heteroatoms. The third-order valence-electron chi connectivity index (χ3n) is 3.62. The quantitative estimate of drug-likeness (QED) is 0.883. The van der Waals surface area contributed by atoms with Crippen LogP contribution in [-0.4, -0.2) is 22.5 Å². The minimum atomic E-state index is -0.253. The molecule has 1 aliphatic heterocycles. The number of aromatic hydroxyl groups is 1. The summed E-state index contributed by atoms with van der Waals surface area (Å²) in [4.78, 5) is 25.3. The van der Waals surface area contributed by atoms with Gasteiger partial charge in [0.15, 0.2) is 5.78 Å². The van der Waals surface area contributed by atoms with E-state index < -0.39 is 0 Å². The van der Waals surface area contributed by atoms with Crippen LogP contribution in [0.5, 0.6) is 5.75 Å². The maximum absolute atomic E-state index is 12.2. The number of phenolic OH excluding ortho intramolecular Hbond substituents is 1. The van der Waals surface area contributed by atoms with Gasteiger partial charge in [-0.25, -0.2) is 0 Å². The number of hydrogen-bond acceptors (Lipinski definition) is 4. The van der Waals surface area contributed by atoms with Crippen LogP contribution in [0, 0.1) is 0 Å². The zero-order valence-electron chi connectivity index (χ0n) is 12.0. The van der Waals surface area contributed by atoms with E-state index in [2.05, 4.69) is 0 Å². The fourth-order valence-corrected chi connectivity index (χ4v) is 3.69. The first-order valence-corrected chi connectivity index (χ1v) is 7.95. The molecule has 4 nitrogen and oxygen atoms in total. The molecular formula is C17H15NO3S. The standard InChI is InChI=1S/C17H15NO3S/c1-11(19)12-6-8-13(9-7-12)18-16(21)10-22-17(18)14-4-2-3-5-15(14)20/h2-9,17,20H,10H2,1H3. The van der Waals surface area contributed by atoms with Gasteiger partial charge >= 0.3 is 0 Å². The van der Waals surface area contributed by atoms with Crippen molar-refractivity contribution in [3.63, 3.8) is 0 Å². The predicted octanol–water partition coefficient (Wildman–Crippen LogP) is 3.37. The number of hydrogen-bond donors (Lipinski definition) is 1. The van der Waals surface area contributed by atoms with Gasteiger partial charge in [0.1, 0.15) is 11.1 Å². The lowest BCUT2D eigenvalue weighted by Gasteiger charge is -2.25. The molecule has 3 rings (SSSR count). The summed E-state index contributed by atoms with van der Waals surface area (Å²) in [7, 11) is 0. The number of carbonyl (C=O) groups is 2. The van der Waals surface area contributed by atoms with E-state index >= 15 is 0 Å². The van der Waals surface area contributed by atoms with Gasteiger partial charge in [-0.15, -0.1) is 11.8 Å². The first-order chi connectivity index (χ1) is 10.6. The van der Waals surface area contributed by atoms with Crippen molar-refractivity contribution in [2.45, 2.75) is 12.3 Å². The van der Waals surface area contributed by atoms with Gasteiger partial charge in [-0.05, 0) is 37.3 Å². The number of para-hydroxylation sites is 1. The maximum Gasteiger partial charge on any atom is 0.238 e. The molecule has 22 heavy (non-hydrogen) atoms. The van der Waals surface area contributed by atoms with Crippen LogP contribution in [0.2, 0.25) is 0 Å². The number of carbonyl (C=O) groups excluding carboxylic acids is 2. The number of phenols is 1. The number of benzene rings is 2. The van der Waals surface area contributed by atoms with E-state index in [-0.39, 0.29) is 22.8 Å². The average molecular weight is 313 g/mol. The molecule has 112 valence electrons. The SMILES string of the molecule is CC(=O)c1ccc(N2C(=O)CSC2c2ccccc2O)cc1. The highest BCUT2D eigenvalue weighted by atomic mass is 32.2. The summed E-state index contributed by atoms with van der Waals surface area (Å²) in [6.45, 7) is 1.51. The van der Waals surface area contributed by atoms with Crippen LogP contribution in [0.25, 0.3) is 0 Å². The molecule has 0 bridgehead atoms. The lowest BCUT2D eigenvalue weighted by molar-refractivity contribution is -0.115. The molecule has 1 amide bonds. The van der Waals surface area contributed by atoms with E-state index in [0.29, 0.717) is 16.9 Å². The molecule has 1 atom stereocenters. The molecule has 2 aromatic rings. The summed E-state index contributed by atoms with van der Waals surface area (Å²) in [6, 6.07) is 14.0. The molecule has 0 radical (unpaired) electrons. The number of amides is 1. The summed E-state index contributed by atoms with van der Waals surface area (Å²) in [5, 5.41) is 9.79. The summed E-state index contributed by atoms with van der Waals surface area (Å²) < 4.78 is 0. The molecule has 1 N–H and O–H groups in total.